The van der Waals surface area contributed by atoms with Crippen LogP contribution in [0.1, 0.15) is 30.0 Å². The van der Waals surface area contributed by atoms with Crippen molar-refractivity contribution in [3.63, 3.8) is 0 Å². The number of hydrogen-bond acceptors (Lipinski definition) is 4. The molecule has 5 nitrogen and oxygen atoms in total. The van der Waals surface area contributed by atoms with Gasteiger partial charge in [0.1, 0.15) is 5.82 Å². The van der Waals surface area contributed by atoms with Crippen molar-refractivity contribution < 1.29 is 9.18 Å². The number of nitrogens with one attached hydrogen (secondary N) is 1. The van der Waals surface area contributed by atoms with Crippen LogP contribution in [0, 0.1) is 11.7 Å². The highest BCUT2D eigenvalue weighted by molar-refractivity contribution is 6.29. The normalized spacial score (nSPS) is 17.4. The van der Waals surface area contributed by atoms with Crippen LogP contribution in [-0.2, 0) is 4.79 Å². The maximum absolute atomic E-state index is 13.4. The molecule has 1 fully saturated rings. The molecule has 4 rings (SSSR count). The maximum atomic E-state index is 13.4. The molecule has 2 aromatic carbocycles. The zero-order valence-corrected chi connectivity index (χ0v) is 17.1. The van der Waals surface area contributed by atoms with Crippen molar-refractivity contribution in [2.45, 2.75) is 18.9 Å². The lowest BCUT2D eigenvalue weighted by atomic mass is 9.94. The molecule has 1 saturated heterocycles. The van der Waals surface area contributed by atoms with E-state index in [1.807, 2.05) is 36.4 Å². The average molecular weight is 425 g/mol. The first kappa shape index (κ1) is 20.3. The Morgan fingerprint density at radius 2 is 1.77 bits per heavy atom. The molecule has 0 bridgehead atoms. The predicted molar refractivity (Wildman–Crippen MR) is 115 cm³/mol. The maximum Gasteiger partial charge on any atom is 0.225 e. The standard InChI is InChI=1S/C23H22ClFN4O/c24-20-12-13-21(28-27-20)29-14-4-7-18(15-29)23(30)26-22(16-5-2-1-3-6-16)17-8-10-19(25)11-9-17/h1-3,5-6,8-13,18,22H,4,7,14-15H2,(H,26,30)/t18-,22-/m0/s1. The van der Waals surface area contributed by atoms with E-state index in [1.165, 1.54) is 12.1 Å². The summed E-state index contributed by atoms with van der Waals surface area (Å²) in [6, 6.07) is 19.2. The van der Waals surface area contributed by atoms with E-state index in [1.54, 1.807) is 18.2 Å². The summed E-state index contributed by atoms with van der Waals surface area (Å²) in [6.07, 6.45) is 1.68. The van der Waals surface area contributed by atoms with Crippen molar-refractivity contribution in [2.24, 2.45) is 5.92 Å². The summed E-state index contributed by atoms with van der Waals surface area (Å²) in [5.41, 5.74) is 1.79. The fourth-order valence-corrected chi connectivity index (χ4v) is 3.90. The first-order chi connectivity index (χ1) is 14.6. The van der Waals surface area contributed by atoms with Crippen LogP contribution in [0.3, 0.4) is 0 Å². The summed E-state index contributed by atoms with van der Waals surface area (Å²) in [5, 5.41) is 11.6. The Bertz CT molecular complexity index is 982. The Morgan fingerprint density at radius 3 is 2.47 bits per heavy atom. The summed E-state index contributed by atoms with van der Waals surface area (Å²) in [6.45, 7) is 1.38. The third-order valence-electron chi connectivity index (χ3n) is 5.36. The van der Waals surface area contributed by atoms with Gasteiger partial charge in [0.05, 0.1) is 12.0 Å². The lowest BCUT2D eigenvalue weighted by Crippen LogP contribution is -2.44. The summed E-state index contributed by atoms with van der Waals surface area (Å²) in [7, 11) is 0. The average Bonchev–Trinajstić information content (AvgIpc) is 2.79. The third-order valence-corrected chi connectivity index (χ3v) is 5.56. The number of rotatable bonds is 5. The number of carbonyl (C=O) groups excluding carboxylic acids is 1. The van der Waals surface area contributed by atoms with Gasteiger partial charge >= 0.3 is 0 Å². The van der Waals surface area contributed by atoms with Crippen molar-refractivity contribution in [3.8, 4) is 0 Å². The Hall–Kier alpha value is -2.99. The molecule has 2 atom stereocenters. The molecule has 3 aromatic rings. The van der Waals surface area contributed by atoms with Gasteiger partial charge in [-0.15, -0.1) is 10.2 Å². The smallest absolute Gasteiger partial charge is 0.225 e. The van der Waals surface area contributed by atoms with Gasteiger partial charge in [-0.1, -0.05) is 54.1 Å². The molecule has 1 aromatic heterocycles. The summed E-state index contributed by atoms with van der Waals surface area (Å²) >= 11 is 5.83. The van der Waals surface area contributed by atoms with Crippen LogP contribution >= 0.6 is 11.6 Å². The van der Waals surface area contributed by atoms with Gasteiger partial charge in [0, 0.05) is 13.1 Å². The Morgan fingerprint density at radius 1 is 1.03 bits per heavy atom. The highest BCUT2D eigenvalue weighted by Crippen LogP contribution is 2.26. The van der Waals surface area contributed by atoms with Crippen molar-refractivity contribution >= 4 is 23.3 Å². The molecule has 2 heterocycles. The van der Waals surface area contributed by atoms with E-state index in [4.69, 9.17) is 11.6 Å². The molecule has 154 valence electrons. The summed E-state index contributed by atoms with van der Waals surface area (Å²) < 4.78 is 13.4. The summed E-state index contributed by atoms with van der Waals surface area (Å²) in [4.78, 5) is 15.2. The third kappa shape index (κ3) is 4.76. The highest BCUT2D eigenvalue weighted by atomic mass is 35.5. The van der Waals surface area contributed by atoms with E-state index in [2.05, 4.69) is 20.4 Å². The quantitative estimate of drug-likeness (QED) is 0.659. The fraction of sp³-hybridized carbons (Fsp3) is 0.261. The van der Waals surface area contributed by atoms with E-state index in [0.29, 0.717) is 11.7 Å². The van der Waals surface area contributed by atoms with Crippen molar-refractivity contribution in [1.82, 2.24) is 15.5 Å². The second kappa shape index (κ2) is 9.22. The number of anilines is 1. The number of halogens is 2. The lowest BCUT2D eigenvalue weighted by Gasteiger charge is -2.33. The molecule has 0 saturated carbocycles. The SMILES string of the molecule is O=C(N[C@@H](c1ccccc1)c1ccc(F)cc1)[C@H]1CCCN(c2ccc(Cl)nn2)C1. The Labute approximate surface area is 179 Å². The minimum absolute atomic E-state index is 0.0280. The van der Waals surface area contributed by atoms with Crippen molar-refractivity contribution in [2.75, 3.05) is 18.0 Å². The number of amides is 1. The number of benzene rings is 2. The van der Waals surface area contributed by atoms with Gasteiger partial charge < -0.3 is 10.2 Å². The zero-order chi connectivity index (χ0) is 20.9. The summed E-state index contributed by atoms with van der Waals surface area (Å²) in [5.74, 6) is 0.210. The van der Waals surface area contributed by atoms with Crippen LogP contribution in [0.4, 0.5) is 10.2 Å². The van der Waals surface area contributed by atoms with Crippen LogP contribution in [0.5, 0.6) is 0 Å². The largest absolute Gasteiger partial charge is 0.354 e. The second-order valence-corrected chi connectivity index (χ2v) is 7.79. The molecule has 0 aliphatic carbocycles. The van der Waals surface area contributed by atoms with Crippen molar-refractivity contribution in [3.05, 3.63) is 88.8 Å². The van der Waals surface area contributed by atoms with Gasteiger partial charge in [-0.3, -0.25) is 4.79 Å². The number of aromatic nitrogens is 2. The van der Waals surface area contributed by atoms with Crippen LogP contribution in [0.2, 0.25) is 5.15 Å². The minimum atomic E-state index is -0.343. The molecule has 0 unspecified atom stereocenters. The van der Waals surface area contributed by atoms with Gasteiger partial charge in [-0.25, -0.2) is 4.39 Å². The molecule has 1 aliphatic rings. The number of piperidine rings is 1. The number of carbonyl (C=O) groups is 1. The number of nitrogens with zero attached hydrogens (tertiary/aromatic N) is 3. The van der Waals surface area contributed by atoms with Crippen LogP contribution in [0.15, 0.2) is 66.7 Å². The minimum Gasteiger partial charge on any atom is -0.354 e. The Kier molecular flexibility index (Phi) is 6.23. The highest BCUT2D eigenvalue weighted by Gasteiger charge is 2.29. The molecule has 1 amide bonds. The van der Waals surface area contributed by atoms with Crippen LogP contribution < -0.4 is 10.2 Å². The number of hydrogen-bond donors (Lipinski definition) is 1. The first-order valence-corrected chi connectivity index (χ1v) is 10.3. The molecule has 30 heavy (non-hydrogen) atoms. The molecular weight excluding hydrogens is 403 g/mol. The van der Waals surface area contributed by atoms with Gasteiger partial charge in [-0.2, -0.15) is 0 Å². The van der Waals surface area contributed by atoms with Crippen LogP contribution in [-0.4, -0.2) is 29.2 Å². The van der Waals surface area contributed by atoms with E-state index < -0.39 is 0 Å². The molecule has 1 aliphatic heterocycles. The monoisotopic (exact) mass is 424 g/mol. The molecular formula is C23H22ClFN4O. The van der Waals surface area contributed by atoms with E-state index in [-0.39, 0.29) is 23.7 Å². The van der Waals surface area contributed by atoms with Gasteiger partial charge in [0.15, 0.2) is 11.0 Å². The second-order valence-electron chi connectivity index (χ2n) is 7.40. The molecule has 0 radical (unpaired) electrons. The van der Waals surface area contributed by atoms with E-state index in [9.17, 15) is 9.18 Å². The molecule has 1 N–H and O–H groups in total. The molecule has 0 spiro atoms. The van der Waals surface area contributed by atoms with Crippen LogP contribution in [0.25, 0.3) is 0 Å². The van der Waals surface area contributed by atoms with Gasteiger partial charge in [-0.05, 0) is 48.2 Å². The lowest BCUT2D eigenvalue weighted by molar-refractivity contribution is -0.125. The van der Waals surface area contributed by atoms with Gasteiger partial charge in [0.25, 0.3) is 0 Å². The van der Waals surface area contributed by atoms with E-state index in [0.717, 1.165) is 36.3 Å². The molecule has 7 heteroatoms. The Balaban J connectivity index is 1.52. The fourth-order valence-electron chi connectivity index (χ4n) is 3.80. The topological polar surface area (TPSA) is 58.1 Å². The van der Waals surface area contributed by atoms with Crippen molar-refractivity contribution in [1.29, 1.82) is 0 Å². The van der Waals surface area contributed by atoms with Gasteiger partial charge in [0.2, 0.25) is 5.91 Å². The first-order valence-electron chi connectivity index (χ1n) is 9.95. The predicted octanol–water partition coefficient (Wildman–Crippen LogP) is 4.39. The zero-order valence-electron chi connectivity index (χ0n) is 16.3. The van der Waals surface area contributed by atoms with E-state index >= 15 is 0 Å².